The van der Waals surface area contributed by atoms with Gasteiger partial charge in [-0.25, -0.2) is 4.39 Å². The zero-order chi connectivity index (χ0) is 13.8. The van der Waals surface area contributed by atoms with E-state index in [1.54, 1.807) is 6.07 Å². The number of nitrogens with one attached hydrogen (secondary N) is 1. The predicted molar refractivity (Wildman–Crippen MR) is 80.3 cm³/mol. The third kappa shape index (κ3) is 3.64. The highest BCUT2D eigenvalue weighted by Crippen LogP contribution is 2.26. The Hall–Kier alpha value is -1.19. The number of benzene rings is 1. The molecule has 0 fully saturated rings. The van der Waals surface area contributed by atoms with E-state index in [1.165, 1.54) is 21.4 Å². The van der Waals surface area contributed by atoms with E-state index in [4.69, 9.17) is 0 Å². The summed E-state index contributed by atoms with van der Waals surface area (Å²) in [6.45, 7) is 7.24. The van der Waals surface area contributed by atoms with E-state index in [9.17, 15) is 4.39 Å². The van der Waals surface area contributed by atoms with Gasteiger partial charge in [0.1, 0.15) is 5.82 Å². The first-order chi connectivity index (χ1) is 9.08. The molecule has 1 aromatic carbocycles. The Morgan fingerprint density at radius 2 is 2.00 bits per heavy atom. The molecule has 1 unspecified atom stereocenters. The smallest absolute Gasteiger partial charge is 0.126 e. The maximum atomic E-state index is 13.5. The average molecular weight is 277 g/mol. The molecule has 0 aliphatic heterocycles. The SMILES string of the molecule is Cc1cc(C(C)NCCc2ccccc2F)c(C)s1. The predicted octanol–water partition coefficient (Wildman–Crippen LogP) is 4.40. The fourth-order valence-corrected chi connectivity index (χ4v) is 3.34. The number of thiophene rings is 1. The second kappa shape index (κ2) is 6.31. The van der Waals surface area contributed by atoms with E-state index >= 15 is 0 Å². The van der Waals surface area contributed by atoms with Gasteiger partial charge in [0.15, 0.2) is 0 Å². The number of hydrogen-bond acceptors (Lipinski definition) is 2. The standard InChI is InChI=1S/C16H20FNS/c1-11-10-15(13(3)19-11)12(2)18-9-8-14-6-4-5-7-16(14)17/h4-7,10,12,18H,8-9H2,1-3H3. The van der Waals surface area contributed by atoms with Crippen LogP contribution in [0.1, 0.15) is 33.8 Å². The molecule has 1 atom stereocenters. The maximum Gasteiger partial charge on any atom is 0.126 e. The Bertz CT molecular complexity index is 547. The van der Waals surface area contributed by atoms with Gasteiger partial charge in [0.25, 0.3) is 0 Å². The molecule has 0 amide bonds. The molecule has 2 rings (SSSR count). The summed E-state index contributed by atoms with van der Waals surface area (Å²) in [5.74, 6) is -0.112. The largest absolute Gasteiger partial charge is 0.310 e. The molecule has 102 valence electrons. The van der Waals surface area contributed by atoms with Crippen LogP contribution in [0.4, 0.5) is 4.39 Å². The van der Waals surface area contributed by atoms with Crippen molar-refractivity contribution in [3.8, 4) is 0 Å². The van der Waals surface area contributed by atoms with E-state index in [1.807, 2.05) is 23.5 Å². The summed E-state index contributed by atoms with van der Waals surface area (Å²) in [5.41, 5.74) is 2.14. The minimum absolute atomic E-state index is 0.112. The number of hydrogen-bond donors (Lipinski definition) is 1. The van der Waals surface area contributed by atoms with Crippen molar-refractivity contribution in [2.24, 2.45) is 0 Å². The number of halogens is 1. The van der Waals surface area contributed by atoms with Crippen molar-refractivity contribution in [3.05, 3.63) is 57.0 Å². The Balaban J connectivity index is 1.89. The summed E-state index contributed by atoms with van der Waals surface area (Å²) in [6, 6.07) is 9.53. The lowest BCUT2D eigenvalue weighted by Gasteiger charge is -2.14. The molecule has 0 saturated heterocycles. The molecule has 0 saturated carbocycles. The van der Waals surface area contributed by atoms with Crippen molar-refractivity contribution in [1.29, 1.82) is 0 Å². The number of rotatable bonds is 5. The van der Waals surface area contributed by atoms with Crippen molar-refractivity contribution in [1.82, 2.24) is 5.32 Å². The lowest BCUT2D eigenvalue weighted by atomic mass is 10.1. The monoisotopic (exact) mass is 277 g/mol. The molecular formula is C16H20FNS. The summed E-state index contributed by atoms with van der Waals surface area (Å²) in [6.07, 6.45) is 0.721. The van der Waals surface area contributed by atoms with Gasteiger partial charge in [-0.05, 0) is 57.0 Å². The molecule has 0 aliphatic rings. The number of aryl methyl sites for hydroxylation is 2. The summed E-state index contributed by atoms with van der Waals surface area (Å²) in [4.78, 5) is 2.71. The van der Waals surface area contributed by atoms with Crippen molar-refractivity contribution in [3.63, 3.8) is 0 Å². The van der Waals surface area contributed by atoms with Crippen molar-refractivity contribution < 1.29 is 4.39 Å². The van der Waals surface area contributed by atoms with Crippen LogP contribution in [0, 0.1) is 19.7 Å². The van der Waals surface area contributed by atoms with Crippen molar-refractivity contribution in [2.45, 2.75) is 33.2 Å². The molecule has 1 aromatic heterocycles. The van der Waals surface area contributed by atoms with Crippen LogP contribution in [0.2, 0.25) is 0 Å². The van der Waals surface area contributed by atoms with Crippen LogP contribution in [-0.2, 0) is 6.42 Å². The first-order valence-electron chi connectivity index (χ1n) is 6.61. The van der Waals surface area contributed by atoms with E-state index in [-0.39, 0.29) is 5.82 Å². The lowest BCUT2D eigenvalue weighted by Crippen LogP contribution is -2.21. The molecule has 0 bridgehead atoms. The van der Waals surface area contributed by atoms with Crippen LogP contribution < -0.4 is 5.32 Å². The Morgan fingerprint density at radius 1 is 1.26 bits per heavy atom. The average Bonchev–Trinajstić information content (AvgIpc) is 2.71. The fourth-order valence-electron chi connectivity index (χ4n) is 2.31. The second-order valence-corrected chi connectivity index (χ2v) is 6.35. The van der Waals surface area contributed by atoms with Crippen LogP contribution in [0.25, 0.3) is 0 Å². The maximum absolute atomic E-state index is 13.5. The van der Waals surface area contributed by atoms with Gasteiger partial charge < -0.3 is 5.32 Å². The topological polar surface area (TPSA) is 12.0 Å². The highest BCUT2D eigenvalue weighted by molar-refractivity contribution is 7.12. The van der Waals surface area contributed by atoms with Gasteiger partial charge in [-0.2, -0.15) is 0 Å². The van der Waals surface area contributed by atoms with Crippen LogP contribution in [0.15, 0.2) is 30.3 Å². The van der Waals surface area contributed by atoms with E-state index in [0.717, 1.165) is 18.5 Å². The van der Waals surface area contributed by atoms with E-state index in [0.29, 0.717) is 6.04 Å². The summed E-state index contributed by atoms with van der Waals surface area (Å²) in [5, 5.41) is 3.47. The second-order valence-electron chi connectivity index (χ2n) is 4.89. The van der Waals surface area contributed by atoms with Crippen molar-refractivity contribution in [2.75, 3.05) is 6.54 Å². The minimum atomic E-state index is -0.112. The third-order valence-corrected chi connectivity index (χ3v) is 4.33. The Kier molecular flexibility index (Phi) is 4.72. The molecular weight excluding hydrogens is 257 g/mol. The van der Waals surface area contributed by atoms with Gasteiger partial charge in [-0.3, -0.25) is 0 Å². The van der Waals surface area contributed by atoms with Gasteiger partial charge >= 0.3 is 0 Å². The fraction of sp³-hybridized carbons (Fsp3) is 0.375. The highest BCUT2D eigenvalue weighted by Gasteiger charge is 2.10. The first-order valence-corrected chi connectivity index (χ1v) is 7.43. The lowest BCUT2D eigenvalue weighted by molar-refractivity contribution is 0.559. The summed E-state index contributed by atoms with van der Waals surface area (Å²) < 4.78 is 13.5. The van der Waals surface area contributed by atoms with Crippen LogP contribution >= 0.6 is 11.3 Å². The zero-order valence-corrected chi connectivity index (χ0v) is 12.5. The van der Waals surface area contributed by atoms with E-state index < -0.39 is 0 Å². The molecule has 19 heavy (non-hydrogen) atoms. The Morgan fingerprint density at radius 3 is 2.63 bits per heavy atom. The molecule has 3 heteroatoms. The molecule has 2 aromatic rings. The zero-order valence-electron chi connectivity index (χ0n) is 11.7. The van der Waals surface area contributed by atoms with E-state index in [2.05, 4.69) is 32.2 Å². The molecule has 0 aliphatic carbocycles. The van der Waals surface area contributed by atoms with Crippen molar-refractivity contribution >= 4 is 11.3 Å². The molecule has 1 heterocycles. The molecule has 1 nitrogen and oxygen atoms in total. The van der Waals surface area contributed by atoms with Gasteiger partial charge in [0, 0.05) is 15.8 Å². The summed E-state index contributed by atoms with van der Waals surface area (Å²) >= 11 is 1.83. The Labute approximate surface area is 118 Å². The van der Waals surface area contributed by atoms with Crippen LogP contribution in [-0.4, -0.2) is 6.54 Å². The van der Waals surface area contributed by atoms with Gasteiger partial charge in [-0.1, -0.05) is 18.2 Å². The third-order valence-electron chi connectivity index (χ3n) is 3.35. The van der Waals surface area contributed by atoms with Gasteiger partial charge in [0.05, 0.1) is 0 Å². The highest BCUT2D eigenvalue weighted by atomic mass is 32.1. The molecule has 0 spiro atoms. The first kappa shape index (κ1) is 14.2. The molecule has 1 N–H and O–H groups in total. The summed E-state index contributed by atoms with van der Waals surface area (Å²) in [7, 11) is 0. The minimum Gasteiger partial charge on any atom is -0.310 e. The van der Waals surface area contributed by atoms with Crippen LogP contribution in [0.3, 0.4) is 0 Å². The quantitative estimate of drug-likeness (QED) is 0.854. The van der Waals surface area contributed by atoms with Gasteiger partial charge in [-0.15, -0.1) is 11.3 Å². The normalized spacial score (nSPS) is 12.6. The van der Waals surface area contributed by atoms with Crippen LogP contribution in [0.5, 0.6) is 0 Å². The molecule has 0 radical (unpaired) electrons. The van der Waals surface area contributed by atoms with Gasteiger partial charge in [0.2, 0.25) is 0 Å².